The van der Waals surface area contributed by atoms with Crippen molar-refractivity contribution < 1.29 is 20.1 Å². The summed E-state index contributed by atoms with van der Waals surface area (Å²) in [5.74, 6) is 0.223. The molecule has 1 aliphatic rings. The van der Waals surface area contributed by atoms with Crippen LogP contribution in [0.15, 0.2) is 54.9 Å². The Morgan fingerprint density at radius 2 is 1.96 bits per heavy atom. The van der Waals surface area contributed by atoms with Crippen molar-refractivity contribution in [1.82, 2.24) is 9.55 Å². The number of phenols is 1. The van der Waals surface area contributed by atoms with Gasteiger partial charge in [0, 0.05) is 24.2 Å². The summed E-state index contributed by atoms with van der Waals surface area (Å²) in [4.78, 5) is 4.58. The standard InChI is InChI=1S/C21H22N2O4/c1-13(24)8-18-19(15-5-3-6-16(10-15)20-21(26)27-20)22-12-23(18)11-14-4-2-7-17(25)9-14/h2-7,9-10,12-13,20-21,24-26H,8,11H2,1H3. The Balaban J connectivity index is 1.69. The minimum absolute atomic E-state index is 0.223. The van der Waals surface area contributed by atoms with Gasteiger partial charge in [-0.2, -0.15) is 0 Å². The van der Waals surface area contributed by atoms with Crippen LogP contribution in [0.2, 0.25) is 0 Å². The van der Waals surface area contributed by atoms with Gasteiger partial charge in [0.2, 0.25) is 0 Å². The summed E-state index contributed by atoms with van der Waals surface area (Å²) in [7, 11) is 0. The Bertz CT molecular complexity index is 951. The smallest absolute Gasteiger partial charge is 0.186 e. The van der Waals surface area contributed by atoms with Gasteiger partial charge >= 0.3 is 0 Å². The first-order valence-corrected chi connectivity index (χ1v) is 8.95. The van der Waals surface area contributed by atoms with Gasteiger partial charge < -0.3 is 24.6 Å². The fourth-order valence-corrected chi connectivity index (χ4v) is 3.34. The van der Waals surface area contributed by atoms with Crippen LogP contribution >= 0.6 is 0 Å². The zero-order valence-electron chi connectivity index (χ0n) is 15.0. The lowest BCUT2D eigenvalue weighted by molar-refractivity contribution is 0.156. The van der Waals surface area contributed by atoms with E-state index in [9.17, 15) is 15.3 Å². The topological polar surface area (TPSA) is 91.0 Å². The third kappa shape index (κ3) is 3.88. The maximum Gasteiger partial charge on any atom is 0.186 e. The molecule has 2 aromatic carbocycles. The summed E-state index contributed by atoms with van der Waals surface area (Å²) in [6, 6.07) is 14.9. The lowest BCUT2D eigenvalue weighted by Crippen LogP contribution is -2.11. The van der Waals surface area contributed by atoms with E-state index < -0.39 is 12.4 Å². The van der Waals surface area contributed by atoms with Gasteiger partial charge in [-0.3, -0.25) is 0 Å². The highest BCUT2D eigenvalue weighted by Gasteiger charge is 2.38. The fraction of sp³-hybridized carbons (Fsp3) is 0.286. The number of aliphatic hydroxyl groups is 2. The summed E-state index contributed by atoms with van der Waals surface area (Å²) in [6.45, 7) is 2.30. The van der Waals surface area contributed by atoms with Gasteiger partial charge in [0.1, 0.15) is 11.9 Å². The van der Waals surface area contributed by atoms with Crippen LogP contribution in [0.3, 0.4) is 0 Å². The maximum atomic E-state index is 9.98. The molecule has 3 aromatic rings. The van der Waals surface area contributed by atoms with Crippen LogP contribution in [0.5, 0.6) is 5.75 Å². The van der Waals surface area contributed by atoms with Gasteiger partial charge in [-0.25, -0.2) is 4.98 Å². The van der Waals surface area contributed by atoms with Crippen molar-refractivity contribution >= 4 is 0 Å². The molecule has 1 fully saturated rings. The number of ether oxygens (including phenoxy) is 1. The van der Waals surface area contributed by atoms with E-state index in [4.69, 9.17) is 4.74 Å². The molecule has 27 heavy (non-hydrogen) atoms. The van der Waals surface area contributed by atoms with Crippen LogP contribution in [-0.4, -0.2) is 37.3 Å². The molecule has 3 N–H and O–H groups in total. The molecule has 2 heterocycles. The first-order valence-electron chi connectivity index (χ1n) is 8.95. The number of imidazole rings is 1. The highest BCUT2D eigenvalue weighted by atomic mass is 16.7. The van der Waals surface area contributed by atoms with Gasteiger partial charge in [-0.15, -0.1) is 0 Å². The lowest BCUT2D eigenvalue weighted by atomic mass is 10.0. The first-order chi connectivity index (χ1) is 13.0. The maximum absolute atomic E-state index is 9.98. The molecule has 0 aliphatic carbocycles. The molecule has 3 atom stereocenters. The number of epoxide rings is 1. The molecule has 0 saturated carbocycles. The third-order valence-electron chi connectivity index (χ3n) is 4.66. The van der Waals surface area contributed by atoms with E-state index in [1.165, 1.54) is 0 Å². The van der Waals surface area contributed by atoms with E-state index in [1.54, 1.807) is 31.5 Å². The Morgan fingerprint density at radius 3 is 2.67 bits per heavy atom. The summed E-state index contributed by atoms with van der Waals surface area (Å²) in [5.41, 5.74) is 4.50. The Kier molecular flexibility index (Phi) is 4.70. The van der Waals surface area contributed by atoms with Crippen molar-refractivity contribution in [2.75, 3.05) is 0 Å². The minimum atomic E-state index is -0.736. The molecule has 140 valence electrons. The van der Waals surface area contributed by atoms with E-state index in [2.05, 4.69) is 4.98 Å². The van der Waals surface area contributed by atoms with Gasteiger partial charge in [-0.05, 0) is 36.2 Å². The predicted octanol–water partition coefficient (Wildman–Crippen LogP) is 2.62. The normalized spacial score (nSPS) is 19.8. The quantitative estimate of drug-likeness (QED) is 0.584. The second kappa shape index (κ2) is 7.15. The highest BCUT2D eigenvalue weighted by molar-refractivity contribution is 5.63. The van der Waals surface area contributed by atoms with Crippen molar-refractivity contribution in [3.63, 3.8) is 0 Å². The Morgan fingerprint density at radius 1 is 1.19 bits per heavy atom. The molecule has 6 heteroatoms. The van der Waals surface area contributed by atoms with Crippen LogP contribution in [-0.2, 0) is 17.7 Å². The fourth-order valence-electron chi connectivity index (χ4n) is 3.34. The van der Waals surface area contributed by atoms with E-state index in [0.717, 1.165) is 28.1 Å². The van der Waals surface area contributed by atoms with Crippen LogP contribution in [0.1, 0.15) is 29.8 Å². The number of hydrogen-bond acceptors (Lipinski definition) is 5. The van der Waals surface area contributed by atoms with Crippen molar-refractivity contribution in [3.8, 4) is 17.0 Å². The average Bonchev–Trinajstić information content (AvgIpc) is 3.25. The molecule has 1 aromatic heterocycles. The zero-order valence-corrected chi connectivity index (χ0v) is 15.0. The molecular weight excluding hydrogens is 344 g/mol. The van der Waals surface area contributed by atoms with E-state index in [-0.39, 0.29) is 11.9 Å². The highest BCUT2D eigenvalue weighted by Crippen LogP contribution is 2.38. The number of aliphatic hydroxyl groups excluding tert-OH is 2. The lowest BCUT2D eigenvalue weighted by Gasteiger charge is -2.13. The molecular formula is C21H22N2O4. The molecule has 0 spiro atoms. The minimum Gasteiger partial charge on any atom is -0.508 e. The number of rotatable bonds is 6. The monoisotopic (exact) mass is 366 g/mol. The van der Waals surface area contributed by atoms with Crippen LogP contribution < -0.4 is 0 Å². The van der Waals surface area contributed by atoms with Crippen molar-refractivity contribution in [1.29, 1.82) is 0 Å². The van der Waals surface area contributed by atoms with E-state index in [0.29, 0.717) is 13.0 Å². The number of hydrogen-bond donors (Lipinski definition) is 3. The van der Waals surface area contributed by atoms with Crippen molar-refractivity contribution in [2.45, 2.75) is 38.4 Å². The Labute approximate surface area is 157 Å². The number of nitrogens with zero attached hydrogens (tertiary/aromatic N) is 2. The van der Waals surface area contributed by atoms with Crippen molar-refractivity contribution in [3.05, 3.63) is 71.7 Å². The SMILES string of the molecule is CC(O)Cc1c(-c2cccc(C3OC3O)c2)ncn1Cc1cccc(O)c1. The molecule has 4 rings (SSSR count). The summed E-state index contributed by atoms with van der Waals surface area (Å²) < 4.78 is 7.14. The third-order valence-corrected chi connectivity index (χ3v) is 4.66. The van der Waals surface area contributed by atoms with Gasteiger partial charge in [0.05, 0.1) is 18.1 Å². The van der Waals surface area contributed by atoms with Crippen LogP contribution in [0, 0.1) is 0 Å². The summed E-state index contributed by atoms with van der Waals surface area (Å²) >= 11 is 0. The second-order valence-electron chi connectivity index (χ2n) is 6.96. The second-order valence-corrected chi connectivity index (χ2v) is 6.96. The van der Waals surface area contributed by atoms with Crippen LogP contribution in [0.4, 0.5) is 0 Å². The predicted molar refractivity (Wildman–Crippen MR) is 100 cm³/mol. The molecule has 0 amide bonds. The molecule has 6 nitrogen and oxygen atoms in total. The molecule has 0 radical (unpaired) electrons. The van der Waals surface area contributed by atoms with Gasteiger partial charge in [0.25, 0.3) is 0 Å². The number of benzene rings is 2. The molecule has 3 unspecified atom stereocenters. The van der Waals surface area contributed by atoms with E-state index in [1.807, 2.05) is 34.9 Å². The van der Waals surface area contributed by atoms with E-state index >= 15 is 0 Å². The summed E-state index contributed by atoms with van der Waals surface area (Å²) in [6.07, 6.45) is 0.688. The van der Waals surface area contributed by atoms with Gasteiger partial charge in [-0.1, -0.05) is 30.3 Å². The average molecular weight is 366 g/mol. The van der Waals surface area contributed by atoms with Crippen LogP contribution in [0.25, 0.3) is 11.3 Å². The molecule has 1 saturated heterocycles. The van der Waals surface area contributed by atoms with Gasteiger partial charge in [0.15, 0.2) is 6.29 Å². The number of aromatic hydroxyl groups is 1. The first kappa shape index (κ1) is 17.7. The molecule has 1 aliphatic heterocycles. The largest absolute Gasteiger partial charge is 0.508 e. The number of aromatic nitrogens is 2. The summed E-state index contributed by atoms with van der Waals surface area (Å²) in [5, 5.41) is 29.2. The zero-order chi connectivity index (χ0) is 19.0. The number of phenolic OH excluding ortho intramolecular Hbond substituents is 1. The van der Waals surface area contributed by atoms with Crippen molar-refractivity contribution in [2.24, 2.45) is 0 Å². The molecule has 0 bridgehead atoms. The Hall–Kier alpha value is -2.67.